The first-order valence-electron chi connectivity index (χ1n) is 11.6. The Morgan fingerprint density at radius 2 is 1.81 bits per heavy atom. The Kier molecular flexibility index (Phi) is 6.92. The smallest absolute Gasteiger partial charge is 0.326 e. The third-order valence-electron chi connectivity index (χ3n) is 5.60. The lowest BCUT2D eigenvalue weighted by Gasteiger charge is -2.22. The number of pyridine rings is 1. The lowest BCUT2D eigenvalue weighted by atomic mass is 10.1. The van der Waals surface area contributed by atoms with Gasteiger partial charge in [0.05, 0.1) is 4.92 Å². The average Bonchev–Trinajstić information content (AvgIpc) is 3.20. The second-order valence-corrected chi connectivity index (χ2v) is 9.69. The molecule has 0 saturated heterocycles. The number of anilines is 1. The number of aromatic nitrogens is 2. The van der Waals surface area contributed by atoms with Gasteiger partial charge in [-0.15, -0.1) is 0 Å². The quantitative estimate of drug-likeness (QED) is 0.238. The van der Waals surface area contributed by atoms with E-state index in [-0.39, 0.29) is 23.2 Å². The van der Waals surface area contributed by atoms with Gasteiger partial charge in [0.2, 0.25) is 0 Å². The van der Waals surface area contributed by atoms with E-state index in [4.69, 9.17) is 0 Å². The number of nitrogens with one attached hydrogen (secondary N) is 2. The van der Waals surface area contributed by atoms with Crippen molar-refractivity contribution in [3.05, 3.63) is 94.2 Å². The lowest BCUT2D eigenvalue weighted by Crippen LogP contribution is -2.42. The number of nitro groups is 1. The van der Waals surface area contributed by atoms with Crippen LogP contribution in [0, 0.1) is 10.1 Å². The fourth-order valence-electron chi connectivity index (χ4n) is 3.92. The zero-order chi connectivity index (χ0) is 26.7. The minimum absolute atomic E-state index is 0.0607. The summed E-state index contributed by atoms with van der Waals surface area (Å²) < 4.78 is 1.76. The molecule has 10 nitrogen and oxygen atoms in total. The summed E-state index contributed by atoms with van der Waals surface area (Å²) in [5, 5.41) is 27.0. The van der Waals surface area contributed by atoms with Gasteiger partial charge in [-0.05, 0) is 38.5 Å². The van der Waals surface area contributed by atoms with Gasteiger partial charge in [-0.1, -0.05) is 42.5 Å². The molecule has 1 atom stereocenters. The molecule has 0 bridgehead atoms. The lowest BCUT2D eigenvalue weighted by molar-refractivity contribution is -0.384. The molecule has 2 aromatic carbocycles. The van der Waals surface area contributed by atoms with Crippen LogP contribution in [0.3, 0.4) is 0 Å². The van der Waals surface area contributed by atoms with Crippen LogP contribution in [-0.2, 0) is 11.2 Å². The predicted octanol–water partition coefficient (Wildman–Crippen LogP) is 4.55. The summed E-state index contributed by atoms with van der Waals surface area (Å²) in [6.07, 6.45) is 1.81. The second-order valence-electron chi connectivity index (χ2n) is 9.69. The molecule has 0 aliphatic carbocycles. The number of carboxylic acid groups (broad SMARTS) is 1. The number of carbonyl (C=O) groups excluding carboxylic acids is 1. The van der Waals surface area contributed by atoms with E-state index in [1.807, 2.05) is 39.0 Å². The van der Waals surface area contributed by atoms with Crippen LogP contribution in [0.15, 0.2) is 72.9 Å². The SMILES string of the molecule is CC(C)(C)Nc1c(-c2cccc([N+](=O)[O-])c2)nc2cc(C(=O)NC(Cc3ccccc3)C(=O)O)ccn12. The maximum absolute atomic E-state index is 13.0. The van der Waals surface area contributed by atoms with Gasteiger partial charge >= 0.3 is 5.97 Å². The van der Waals surface area contributed by atoms with Crippen LogP contribution in [0.1, 0.15) is 36.7 Å². The van der Waals surface area contributed by atoms with Crippen LogP contribution >= 0.6 is 0 Å². The Hall–Kier alpha value is -4.73. The van der Waals surface area contributed by atoms with E-state index in [2.05, 4.69) is 15.6 Å². The van der Waals surface area contributed by atoms with Crippen molar-refractivity contribution >= 4 is 29.0 Å². The third kappa shape index (κ3) is 5.92. The molecule has 0 spiro atoms. The largest absolute Gasteiger partial charge is 0.480 e. The van der Waals surface area contributed by atoms with Crippen LogP contribution in [0.5, 0.6) is 0 Å². The highest BCUT2D eigenvalue weighted by Gasteiger charge is 2.24. The molecule has 0 fully saturated rings. The Labute approximate surface area is 213 Å². The van der Waals surface area contributed by atoms with Crippen molar-refractivity contribution in [3.8, 4) is 11.3 Å². The number of benzene rings is 2. The normalized spacial score (nSPS) is 12.2. The van der Waals surface area contributed by atoms with Crippen molar-refractivity contribution in [2.45, 2.75) is 38.8 Å². The summed E-state index contributed by atoms with van der Waals surface area (Å²) in [6, 6.07) is 17.3. The van der Waals surface area contributed by atoms with Crippen LogP contribution in [0.2, 0.25) is 0 Å². The molecule has 0 saturated carbocycles. The summed E-state index contributed by atoms with van der Waals surface area (Å²) in [6.45, 7) is 5.93. The molecule has 37 heavy (non-hydrogen) atoms. The predicted molar refractivity (Wildman–Crippen MR) is 140 cm³/mol. The van der Waals surface area contributed by atoms with Crippen LogP contribution in [0.25, 0.3) is 16.9 Å². The first-order chi connectivity index (χ1) is 17.5. The number of aliphatic carboxylic acids is 1. The Bertz CT molecular complexity index is 1470. The van der Waals surface area contributed by atoms with Crippen molar-refractivity contribution in [2.75, 3.05) is 5.32 Å². The molecule has 190 valence electrons. The highest BCUT2D eigenvalue weighted by atomic mass is 16.6. The van der Waals surface area contributed by atoms with Gasteiger partial charge in [0.1, 0.15) is 23.2 Å². The molecule has 2 heterocycles. The van der Waals surface area contributed by atoms with Crippen molar-refractivity contribution in [1.29, 1.82) is 0 Å². The van der Waals surface area contributed by atoms with E-state index in [1.54, 1.807) is 47.0 Å². The van der Waals surface area contributed by atoms with Crippen molar-refractivity contribution < 1.29 is 19.6 Å². The number of non-ortho nitro benzene ring substituents is 1. The Morgan fingerprint density at radius 3 is 2.46 bits per heavy atom. The average molecular weight is 502 g/mol. The fourth-order valence-corrected chi connectivity index (χ4v) is 3.92. The first kappa shape index (κ1) is 25.4. The molecule has 1 amide bonds. The number of hydrogen-bond acceptors (Lipinski definition) is 6. The summed E-state index contributed by atoms with van der Waals surface area (Å²) in [5.74, 6) is -1.07. The Morgan fingerprint density at radius 1 is 1.08 bits per heavy atom. The number of fused-ring (bicyclic) bond motifs is 1. The monoisotopic (exact) mass is 501 g/mol. The maximum Gasteiger partial charge on any atom is 0.326 e. The molecule has 0 radical (unpaired) electrons. The molecule has 1 unspecified atom stereocenters. The van der Waals surface area contributed by atoms with E-state index < -0.39 is 22.8 Å². The van der Waals surface area contributed by atoms with E-state index in [1.165, 1.54) is 12.1 Å². The van der Waals surface area contributed by atoms with Gasteiger partial charge in [0.25, 0.3) is 11.6 Å². The molecular weight excluding hydrogens is 474 g/mol. The zero-order valence-corrected chi connectivity index (χ0v) is 20.6. The number of imidazole rings is 1. The van der Waals surface area contributed by atoms with Crippen LogP contribution < -0.4 is 10.6 Å². The number of nitro benzene ring substituents is 1. The summed E-state index contributed by atoms with van der Waals surface area (Å²) in [4.78, 5) is 40.3. The standard InChI is InChI=1S/C27H27N5O5/c1-27(2,3)30-24-23(18-10-7-11-20(15-18)32(36)37)29-22-16-19(12-13-31(22)24)25(33)28-21(26(34)35)14-17-8-5-4-6-9-17/h4-13,15-16,21,30H,14H2,1-3H3,(H,28,33)(H,34,35). The van der Waals surface area contributed by atoms with Gasteiger partial charge < -0.3 is 15.7 Å². The van der Waals surface area contributed by atoms with E-state index in [9.17, 15) is 24.8 Å². The molecule has 0 aliphatic heterocycles. The zero-order valence-electron chi connectivity index (χ0n) is 20.6. The molecule has 4 aromatic rings. The maximum atomic E-state index is 13.0. The minimum Gasteiger partial charge on any atom is -0.480 e. The number of carboxylic acids is 1. The highest BCUT2D eigenvalue weighted by Crippen LogP contribution is 2.32. The Balaban J connectivity index is 1.70. The summed E-state index contributed by atoms with van der Waals surface area (Å²) in [5.41, 5.74) is 2.08. The van der Waals surface area contributed by atoms with E-state index in [0.29, 0.717) is 22.7 Å². The van der Waals surface area contributed by atoms with Gasteiger partial charge in [-0.25, -0.2) is 9.78 Å². The highest BCUT2D eigenvalue weighted by molar-refractivity contribution is 5.97. The number of hydrogen-bond donors (Lipinski definition) is 3. The van der Waals surface area contributed by atoms with Gasteiger partial charge in [0.15, 0.2) is 0 Å². The third-order valence-corrected chi connectivity index (χ3v) is 5.60. The van der Waals surface area contributed by atoms with E-state index in [0.717, 1.165) is 5.56 Å². The summed E-state index contributed by atoms with van der Waals surface area (Å²) in [7, 11) is 0. The van der Waals surface area contributed by atoms with Gasteiger partial charge in [-0.3, -0.25) is 19.3 Å². The topological polar surface area (TPSA) is 139 Å². The number of rotatable bonds is 8. The summed E-state index contributed by atoms with van der Waals surface area (Å²) >= 11 is 0. The van der Waals surface area contributed by atoms with Crippen LogP contribution in [-0.4, -0.2) is 42.9 Å². The molecule has 0 aliphatic rings. The van der Waals surface area contributed by atoms with Crippen LogP contribution in [0.4, 0.5) is 11.5 Å². The molecule has 2 aromatic heterocycles. The van der Waals surface area contributed by atoms with E-state index >= 15 is 0 Å². The van der Waals surface area contributed by atoms with Crippen molar-refractivity contribution in [2.24, 2.45) is 0 Å². The second kappa shape index (κ2) is 10.1. The van der Waals surface area contributed by atoms with Crippen molar-refractivity contribution in [3.63, 3.8) is 0 Å². The first-order valence-corrected chi connectivity index (χ1v) is 11.6. The van der Waals surface area contributed by atoms with Crippen molar-refractivity contribution in [1.82, 2.24) is 14.7 Å². The molecule has 3 N–H and O–H groups in total. The van der Waals surface area contributed by atoms with Gasteiger partial charge in [0, 0.05) is 41.4 Å². The molecule has 10 heteroatoms. The fraction of sp³-hybridized carbons (Fsp3) is 0.222. The molecular formula is C27H27N5O5. The number of carbonyl (C=O) groups is 2. The van der Waals surface area contributed by atoms with Gasteiger partial charge in [-0.2, -0.15) is 0 Å². The minimum atomic E-state index is -1.14. The molecule has 4 rings (SSSR count). The number of nitrogens with zero attached hydrogens (tertiary/aromatic N) is 3. The number of amides is 1.